The van der Waals surface area contributed by atoms with E-state index in [1.165, 1.54) is 0 Å². The molecule has 1 atom stereocenters. The first kappa shape index (κ1) is 18.8. The lowest BCUT2D eigenvalue weighted by Crippen LogP contribution is -2.31. The van der Waals surface area contributed by atoms with Crippen molar-refractivity contribution in [3.63, 3.8) is 0 Å². The van der Waals surface area contributed by atoms with Gasteiger partial charge in [0.2, 0.25) is 0 Å². The quantitative estimate of drug-likeness (QED) is 0.562. The number of amides is 1. The Hall–Kier alpha value is -2.50. The van der Waals surface area contributed by atoms with Gasteiger partial charge >= 0.3 is 18.4 Å². The van der Waals surface area contributed by atoms with E-state index < -0.39 is 42.3 Å². The number of aliphatic hydroxyl groups is 1. The number of ether oxygens (including phenoxy) is 1. The van der Waals surface area contributed by atoms with E-state index in [0.29, 0.717) is 6.07 Å². The molecule has 138 valence electrons. The summed E-state index contributed by atoms with van der Waals surface area (Å²) < 4.78 is 80.6. The molecule has 6 nitrogen and oxygen atoms in total. The van der Waals surface area contributed by atoms with Gasteiger partial charge in [0, 0.05) is 11.3 Å². The summed E-state index contributed by atoms with van der Waals surface area (Å²) >= 11 is 0. The topological polar surface area (TPSA) is 83.0 Å². The maximum atomic E-state index is 13.2. The fourth-order valence-corrected chi connectivity index (χ4v) is 1.99. The van der Waals surface area contributed by atoms with Crippen LogP contribution in [-0.4, -0.2) is 35.9 Å². The summed E-state index contributed by atoms with van der Waals surface area (Å²) in [4.78, 5) is 10.8. The number of carbonyl (C=O) groups excluding carboxylic acids is 1. The van der Waals surface area contributed by atoms with E-state index in [1.807, 2.05) is 5.43 Å². The number of halogens is 6. The molecule has 1 heterocycles. The van der Waals surface area contributed by atoms with Gasteiger partial charge in [-0.1, -0.05) is 6.07 Å². The molecule has 1 aromatic rings. The second kappa shape index (κ2) is 6.78. The summed E-state index contributed by atoms with van der Waals surface area (Å²) in [6.07, 6.45) is -14.5. The zero-order valence-electron chi connectivity index (χ0n) is 12.2. The van der Waals surface area contributed by atoms with Crippen LogP contribution in [0.2, 0.25) is 0 Å². The van der Waals surface area contributed by atoms with Crippen molar-refractivity contribution in [2.24, 2.45) is 5.10 Å². The number of nitrogens with one attached hydrogen (secondary N) is 2. The van der Waals surface area contributed by atoms with Crippen LogP contribution in [-0.2, 0) is 10.9 Å². The van der Waals surface area contributed by atoms with Gasteiger partial charge in [-0.15, -0.1) is 0 Å². The maximum absolute atomic E-state index is 13.2. The van der Waals surface area contributed by atoms with E-state index in [9.17, 15) is 36.2 Å². The van der Waals surface area contributed by atoms with Crippen molar-refractivity contribution >= 4 is 17.5 Å². The van der Waals surface area contributed by atoms with E-state index in [-0.39, 0.29) is 17.9 Å². The van der Waals surface area contributed by atoms with E-state index in [4.69, 9.17) is 0 Å². The van der Waals surface area contributed by atoms with Crippen molar-refractivity contribution in [3.8, 4) is 0 Å². The van der Waals surface area contributed by atoms with Crippen LogP contribution in [0.3, 0.4) is 0 Å². The number of hydrazone groups is 1. The lowest BCUT2D eigenvalue weighted by Gasteiger charge is -2.21. The summed E-state index contributed by atoms with van der Waals surface area (Å²) in [7, 11) is 0. The van der Waals surface area contributed by atoms with Crippen molar-refractivity contribution in [3.05, 3.63) is 29.3 Å². The third-order valence-corrected chi connectivity index (χ3v) is 3.03. The van der Waals surface area contributed by atoms with Crippen molar-refractivity contribution in [2.75, 3.05) is 11.9 Å². The summed E-state index contributed by atoms with van der Waals surface area (Å²) in [6.45, 7) is -0.368. The number of aliphatic hydroxyl groups excluding tert-OH is 1. The number of anilines is 1. The molecule has 0 aromatic heterocycles. The zero-order chi connectivity index (χ0) is 18.8. The molecule has 0 bridgehead atoms. The molecular formula is C13H11F6N3O3. The highest BCUT2D eigenvalue weighted by Crippen LogP contribution is 2.36. The SMILES string of the molecule is O=C1NN=C(c2ccc(NC(O)CC(F)(F)F)c(C(F)(F)F)c2)CO1. The molecule has 1 aliphatic heterocycles. The molecule has 0 saturated carbocycles. The third-order valence-electron chi connectivity index (χ3n) is 3.03. The lowest BCUT2D eigenvalue weighted by molar-refractivity contribution is -0.150. The molecule has 0 fully saturated rings. The standard InChI is InChI=1S/C13H11F6N3O3/c14-12(15,16)4-10(23)20-8-2-1-6(3-7(8)13(17,18)19)9-5-25-11(24)22-21-9/h1-3,10,20,23H,4-5H2,(H,22,24). The molecule has 1 aliphatic rings. The van der Waals surface area contributed by atoms with Gasteiger partial charge in [0.1, 0.15) is 18.5 Å². The second-order valence-electron chi connectivity index (χ2n) is 4.98. The number of nitrogens with zero attached hydrogens (tertiary/aromatic N) is 1. The Morgan fingerprint density at radius 1 is 1.28 bits per heavy atom. The van der Waals surface area contributed by atoms with E-state index >= 15 is 0 Å². The van der Waals surface area contributed by atoms with Crippen molar-refractivity contribution in [1.82, 2.24) is 5.43 Å². The fraction of sp³-hybridized carbons (Fsp3) is 0.385. The van der Waals surface area contributed by atoms with Gasteiger partial charge in [0.15, 0.2) is 0 Å². The number of rotatable bonds is 4. The minimum Gasteiger partial charge on any atom is -0.442 e. The number of hydrogen-bond donors (Lipinski definition) is 3. The molecule has 0 saturated heterocycles. The number of carbonyl (C=O) groups is 1. The van der Waals surface area contributed by atoms with E-state index in [0.717, 1.165) is 12.1 Å². The van der Waals surface area contributed by atoms with Crippen LogP contribution in [0, 0.1) is 0 Å². The van der Waals surface area contributed by atoms with Crippen LogP contribution in [0.4, 0.5) is 36.8 Å². The molecule has 12 heteroatoms. The van der Waals surface area contributed by atoms with Crippen LogP contribution in [0.5, 0.6) is 0 Å². The molecule has 25 heavy (non-hydrogen) atoms. The first-order valence-electron chi connectivity index (χ1n) is 6.68. The molecule has 2 rings (SSSR count). The van der Waals surface area contributed by atoms with Crippen LogP contribution >= 0.6 is 0 Å². The predicted molar refractivity (Wildman–Crippen MR) is 72.8 cm³/mol. The minimum absolute atomic E-state index is 0.00695. The van der Waals surface area contributed by atoms with Crippen molar-refractivity contribution < 1.29 is 41.0 Å². The smallest absolute Gasteiger partial charge is 0.428 e. The van der Waals surface area contributed by atoms with Gasteiger partial charge in [0.25, 0.3) is 0 Å². The average molecular weight is 371 g/mol. The first-order chi connectivity index (χ1) is 11.5. The van der Waals surface area contributed by atoms with Gasteiger partial charge in [-0.05, 0) is 12.1 Å². The van der Waals surface area contributed by atoms with Crippen molar-refractivity contribution in [2.45, 2.75) is 25.0 Å². The van der Waals surface area contributed by atoms with Gasteiger partial charge in [-0.2, -0.15) is 31.4 Å². The molecule has 1 unspecified atom stereocenters. The molecule has 0 aliphatic carbocycles. The Labute approximate surface area is 136 Å². The van der Waals surface area contributed by atoms with Crippen LogP contribution in [0.1, 0.15) is 17.5 Å². The first-order valence-corrected chi connectivity index (χ1v) is 6.68. The number of cyclic esters (lactones) is 1. The predicted octanol–water partition coefficient (Wildman–Crippen LogP) is 2.83. The van der Waals surface area contributed by atoms with Crippen molar-refractivity contribution in [1.29, 1.82) is 0 Å². The molecule has 1 aromatic carbocycles. The fourth-order valence-electron chi connectivity index (χ4n) is 1.99. The molecular weight excluding hydrogens is 360 g/mol. The summed E-state index contributed by atoms with van der Waals surface area (Å²) in [6, 6.07) is 2.62. The monoisotopic (exact) mass is 371 g/mol. The normalized spacial score (nSPS) is 16.6. The third kappa shape index (κ3) is 5.24. The summed E-state index contributed by atoms with van der Waals surface area (Å²) in [5.41, 5.74) is -0.161. The highest BCUT2D eigenvalue weighted by atomic mass is 19.4. The van der Waals surface area contributed by atoms with Gasteiger partial charge < -0.3 is 15.2 Å². The van der Waals surface area contributed by atoms with E-state index in [1.54, 1.807) is 5.32 Å². The zero-order valence-corrected chi connectivity index (χ0v) is 12.2. The van der Waals surface area contributed by atoms with Gasteiger partial charge in [-0.3, -0.25) is 0 Å². The number of alkyl halides is 6. The maximum Gasteiger partial charge on any atom is 0.428 e. The van der Waals surface area contributed by atoms with Gasteiger partial charge in [0.05, 0.1) is 12.0 Å². The number of hydrogen-bond acceptors (Lipinski definition) is 5. The Morgan fingerprint density at radius 2 is 1.96 bits per heavy atom. The number of benzene rings is 1. The average Bonchev–Trinajstić information content (AvgIpc) is 2.45. The van der Waals surface area contributed by atoms with Crippen LogP contribution in [0.25, 0.3) is 0 Å². The largest absolute Gasteiger partial charge is 0.442 e. The Balaban J connectivity index is 2.30. The highest BCUT2D eigenvalue weighted by Gasteiger charge is 2.36. The van der Waals surface area contributed by atoms with Crippen LogP contribution in [0.15, 0.2) is 23.3 Å². The molecule has 3 N–H and O–H groups in total. The minimum atomic E-state index is -4.91. The summed E-state index contributed by atoms with van der Waals surface area (Å²) in [5, 5.41) is 14.6. The van der Waals surface area contributed by atoms with Crippen LogP contribution < -0.4 is 10.7 Å². The Morgan fingerprint density at radius 3 is 2.48 bits per heavy atom. The highest BCUT2D eigenvalue weighted by molar-refractivity contribution is 6.04. The molecule has 0 radical (unpaired) electrons. The molecule has 1 amide bonds. The van der Waals surface area contributed by atoms with Gasteiger partial charge in [-0.25, -0.2) is 10.2 Å². The lowest BCUT2D eigenvalue weighted by atomic mass is 10.0. The summed E-state index contributed by atoms with van der Waals surface area (Å²) in [5.74, 6) is 0. The Kier molecular flexibility index (Phi) is 5.11. The molecule has 0 spiro atoms. The second-order valence-corrected chi connectivity index (χ2v) is 4.98. The van der Waals surface area contributed by atoms with E-state index in [2.05, 4.69) is 9.84 Å². The Bertz CT molecular complexity index is 687.